The van der Waals surface area contributed by atoms with Crippen molar-refractivity contribution in [3.05, 3.63) is 107 Å². The van der Waals surface area contributed by atoms with Crippen molar-refractivity contribution >= 4 is 22.4 Å². The molecule has 0 atom stereocenters. The predicted molar refractivity (Wildman–Crippen MR) is 119 cm³/mol. The number of anilines is 1. The molecule has 0 fully saturated rings. The summed E-state index contributed by atoms with van der Waals surface area (Å²) in [5.41, 5.74) is 3.46. The fraction of sp³-hybridized carbons (Fsp3) is 0. The number of H-pyrrole nitrogens is 1. The van der Waals surface area contributed by atoms with Crippen LogP contribution in [0.3, 0.4) is 0 Å². The van der Waals surface area contributed by atoms with Crippen LogP contribution >= 0.6 is 0 Å². The monoisotopic (exact) mass is 407 g/mol. The van der Waals surface area contributed by atoms with Crippen molar-refractivity contribution in [2.75, 3.05) is 5.32 Å². The Morgan fingerprint density at radius 1 is 0.903 bits per heavy atom. The van der Waals surface area contributed by atoms with E-state index < -0.39 is 0 Å². The maximum atomic E-state index is 12.6. The van der Waals surface area contributed by atoms with Crippen LogP contribution in [0.1, 0.15) is 10.4 Å². The van der Waals surface area contributed by atoms with Gasteiger partial charge in [0.25, 0.3) is 11.5 Å². The Labute approximate surface area is 177 Å². The maximum Gasteiger partial charge on any atom is 0.272 e. The van der Waals surface area contributed by atoms with Gasteiger partial charge in [-0.1, -0.05) is 30.3 Å². The molecule has 7 heteroatoms. The molecule has 0 aliphatic carbocycles. The van der Waals surface area contributed by atoms with Crippen LogP contribution in [0, 0.1) is 0 Å². The molecule has 0 unspecified atom stereocenters. The van der Waals surface area contributed by atoms with Crippen LogP contribution < -0.4 is 10.9 Å². The first-order valence-electron chi connectivity index (χ1n) is 9.67. The number of nitrogens with one attached hydrogen (secondary N) is 2. The largest absolute Gasteiger partial charge is 0.322 e. The van der Waals surface area contributed by atoms with Crippen LogP contribution in [0.25, 0.3) is 27.7 Å². The summed E-state index contributed by atoms with van der Waals surface area (Å²) in [7, 11) is 0. The minimum atomic E-state index is -0.220. The first kappa shape index (κ1) is 18.5. The molecule has 0 saturated heterocycles. The van der Waals surface area contributed by atoms with Gasteiger partial charge in [-0.05, 0) is 42.5 Å². The third kappa shape index (κ3) is 3.60. The number of rotatable bonds is 4. The highest BCUT2D eigenvalue weighted by Crippen LogP contribution is 2.25. The molecule has 0 bridgehead atoms. The van der Waals surface area contributed by atoms with Crippen LogP contribution in [-0.4, -0.2) is 25.7 Å². The molecule has 1 amide bonds. The van der Waals surface area contributed by atoms with Crippen LogP contribution in [-0.2, 0) is 0 Å². The number of aromatic amines is 1. The number of amides is 1. The van der Waals surface area contributed by atoms with Gasteiger partial charge in [-0.3, -0.25) is 9.59 Å². The van der Waals surface area contributed by atoms with Gasteiger partial charge in [-0.25, -0.2) is 10.1 Å². The Kier molecular flexibility index (Phi) is 4.61. The molecule has 31 heavy (non-hydrogen) atoms. The summed E-state index contributed by atoms with van der Waals surface area (Å²) in [5, 5.41) is 11.0. The van der Waals surface area contributed by atoms with Gasteiger partial charge in [-0.2, -0.15) is 5.10 Å². The summed E-state index contributed by atoms with van der Waals surface area (Å²) in [6, 6.07) is 22.0. The van der Waals surface area contributed by atoms with Gasteiger partial charge in [0.2, 0.25) is 0 Å². The SMILES string of the molecule is O=C(Nc1ccc(-c2n[nH]c(=O)c3ccccc23)cc1)c1ccc(-n2ccnc2)cc1. The molecule has 0 aliphatic heterocycles. The van der Waals surface area contributed by atoms with Crippen molar-refractivity contribution in [3.63, 3.8) is 0 Å². The summed E-state index contributed by atoms with van der Waals surface area (Å²) in [6.45, 7) is 0. The quantitative estimate of drug-likeness (QED) is 0.470. The molecule has 150 valence electrons. The Balaban J connectivity index is 1.36. The summed E-state index contributed by atoms with van der Waals surface area (Å²) < 4.78 is 1.87. The molecule has 2 aromatic heterocycles. The van der Waals surface area contributed by atoms with E-state index in [0.29, 0.717) is 22.3 Å². The van der Waals surface area contributed by atoms with Crippen LogP contribution in [0.5, 0.6) is 0 Å². The van der Waals surface area contributed by atoms with Gasteiger partial charge in [-0.15, -0.1) is 0 Å². The zero-order valence-corrected chi connectivity index (χ0v) is 16.3. The molecule has 5 aromatic rings. The van der Waals surface area contributed by atoms with E-state index in [0.717, 1.165) is 16.6 Å². The first-order chi connectivity index (χ1) is 15.2. The molecular weight excluding hydrogens is 390 g/mol. The molecule has 5 rings (SSSR count). The van der Waals surface area contributed by atoms with E-state index in [1.54, 1.807) is 30.7 Å². The third-order valence-corrected chi connectivity index (χ3v) is 5.04. The highest BCUT2D eigenvalue weighted by atomic mass is 16.1. The summed E-state index contributed by atoms with van der Waals surface area (Å²) in [5.74, 6) is -0.197. The van der Waals surface area contributed by atoms with E-state index in [4.69, 9.17) is 0 Å². The number of carbonyl (C=O) groups excluding carboxylic acids is 1. The van der Waals surface area contributed by atoms with Crippen molar-refractivity contribution < 1.29 is 4.79 Å². The highest BCUT2D eigenvalue weighted by Gasteiger charge is 2.10. The average molecular weight is 407 g/mol. The van der Waals surface area contributed by atoms with E-state index in [1.807, 2.05) is 65.4 Å². The number of imidazole rings is 1. The minimum absolute atomic E-state index is 0.197. The normalized spacial score (nSPS) is 10.8. The second kappa shape index (κ2) is 7.72. The fourth-order valence-electron chi connectivity index (χ4n) is 3.45. The average Bonchev–Trinajstić information content (AvgIpc) is 3.35. The second-order valence-corrected chi connectivity index (χ2v) is 7.00. The van der Waals surface area contributed by atoms with E-state index in [2.05, 4.69) is 20.5 Å². The number of benzene rings is 3. The lowest BCUT2D eigenvalue weighted by Gasteiger charge is -2.09. The Hall–Kier alpha value is -4.52. The number of nitrogens with zero attached hydrogens (tertiary/aromatic N) is 3. The molecule has 7 nitrogen and oxygen atoms in total. The van der Waals surface area contributed by atoms with E-state index >= 15 is 0 Å². The summed E-state index contributed by atoms with van der Waals surface area (Å²) in [6.07, 6.45) is 5.25. The Bertz CT molecular complexity index is 1420. The fourth-order valence-corrected chi connectivity index (χ4v) is 3.45. The molecule has 0 aliphatic rings. The van der Waals surface area contributed by atoms with Gasteiger partial charge >= 0.3 is 0 Å². The number of fused-ring (bicyclic) bond motifs is 1. The van der Waals surface area contributed by atoms with Crippen molar-refractivity contribution in [2.24, 2.45) is 0 Å². The van der Waals surface area contributed by atoms with Gasteiger partial charge in [0, 0.05) is 40.3 Å². The summed E-state index contributed by atoms with van der Waals surface area (Å²) >= 11 is 0. The van der Waals surface area contributed by atoms with Crippen LogP contribution in [0.15, 0.2) is 96.3 Å². The zero-order valence-electron chi connectivity index (χ0n) is 16.3. The molecular formula is C24H17N5O2. The number of aromatic nitrogens is 4. The smallest absolute Gasteiger partial charge is 0.272 e. The highest BCUT2D eigenvalue weighted by molar-refractivity contribution is 6.04. The number of hydrogen-bond donors (Lipinski definition) is 2. The topological polar surface area (TPSA) is 92.7 Å². The minimum Gasteiger partial charge on any atom is -0.322 e. The zero-order chi connectivity index (χ0) is 21.2. The maximum absolute atomic E-state index is 12.6. The first-order valence-corrected chi connectivity index (χ1v) is 9.67. The van der Waals surface area contributed by atoms with Gasteiger partial charge in [0.15, 0.2) is 0 Å². The third-order valence-electron chi connectivity index (χ3n) is 5.04. The van der Waals surface area contributed by atoms with Gasteiger partial charge in [0.05, 0.1) is 17.4 Å². The molecule has 2 heterocycles. The molecule has 2 N–H and O–H groups in total. The van der Waals surface area contributed by atoms with Crippen LogP contribution in [0.4, 0.5) is 5.69 Å². The van der Waals surface area contributed by atoms with Crippen LogP contribution in [0.2, 0.25) is 0 Å². The summed E-state index contributed by atoms with van der Waals surface area (Å²) in [4.78, 5) is 28.6. The molecule has 3 aromatic carbocycles. The number of carbonyl (C=O) groups is 1. The van der Waals surface area contributed by atoms with Crippen molar-refractivity contribution in [1.29, 1.82) is 0 Å². The second-order valence-electron chi connectivity index (χ2n) is 7.00. The van der Waals surface area contributed by atoms with E-state index in [1.165, 1.54) is 0 Å². The molecule has 0 spiro atoms. The van der Waals surface area contributed by atoms with E-state index in [9.17, 15) is 9.59 Å². The lowest BCUT2D eigenvalue weighted by atomic mass is 10.0. The van der Waals surface area contributed by atoms with Gasteiger partial charge in [0.1, 0.15) is 0 Å². The lowest BCUT2D eigenvalue weighted by Crippen LogP contribution is -2.12. The van der Waals surface area contributed by atoms with E-state index in [-0.39, 0.29) is 11.5 Å². The molecule has 0 radical (unpaired) electrons. The Morgan fingerprint density at radius 2 is 1.65 bits per heavy atom. The number of hydrogen-bond acceptors (Lipinski definition) is 4. The predicted octanol–water partition coefficient (Wildman–Crippen LogP) is 4.03. The van der Waals surface area contributed by atoms with Crippen molar-refractivity contribution in [3.8, 4) is 16.9 Å². The molecule has 0 saturated carbocycles. The van der Waals surface area contributed by atoms with Gasteiger partial charge < -0.3 is 9.88 Å². The van der Waals surface area contributed by atoms with Crippen molar-refractivity contribution in [2.45, 2.75) is 0 Å². The lowest BCUT2D eigenvalue weighted by molar-refractivity contribution is 0.102. The Morgan fingerprint density at radius 3 is 2.35 bits per heavy atom. The standard InChI is InChI=1S/C24H17N5O2/c30-23(17-7-11-19(12-8-17)29-14-13-25-15-29)26-18-9-5-16(6-10-18)22-20-3-1-2-4-21(20)24(31)28-27-22/h1-15H,(H,26,30)(H,28,31). The van der Waals surface area contributed by atoms with Crippen molar-refractivity contribution in [1.82, 2.24) is 19.7 Å².